The third-order valence-electron chi connectivity index (χ3n) is 7.46. The summed E-state index contributed by atoms with van der Waals surface area (Å²) >= 11 is 0. The highest BCUT2D eigenvalue weighted by atomic mass is 16.7. The Bertz CT molecular complexity index is 714. The molecule has 0 amide bonds. The van der Waals surface area contributed by atoms with Crippen LogP contribution in [0.2, 0.25) is 0 Å². The minimum absolute atomic E-state index is 0.412. The zero-order valence-electron chi connectivity index (χ0n) is 22.6. The Morgan fingerprint density at radius 3 is 1.44 bits per heavy atom. The van der Waals surface area contributed by atoms with Gasteiger partial charge in [-0.1, -0.05) is 0 Å². The molecule has 3 fully saturated rings. The Morgan fingerprint density at radius 1 is 0.615 bits per heavy atom. The molecular weight excluding hydrogens is 526 g/mol. The first-order chi connectivity index (χ1) is 18.7. The van der Waals surface area contributed by atoms with Gasteiger partial charge in [-0.3, -0.25) is 0 Å². The van der Waals surface area contributed by atoms with Crippen molar-refractivity contribution in [2.75, 3.05) is 41.0 Å². The lowest BCUT2D eigenvalue weighted by Crippen LogP contribution is -2.69. The zero-order valence-corrected chi connectivity index (χ0v) is 22.6. The Balaban J connectivity index is 0.00000260. The van der Waals surface area contributed by atoms with Crippen molar-refractivity contribution in [2.24, 2.45) is 0 Å². The van der Waals surface area contributed by atoms with Gasteiger partial charge in [0.15, 0.2) is 12.6 Å². The molecule has 10 N–H and O–H groups in total. The van der Waals surface area contributed by atoms with Gasteiger partial charge in [-0.2, -0.15) is 0 Å². The number of carbonyl (C=O) groups excluding carboxylic acids is 1. The first kappa shape index (κ1) is 34.3. The first-order valence-electron chi connectivity index (χ1n) is 12.8. The lowest BCUT2D eigenvalue weighted by Gasteiger charge is -2.50. The van der Waals surface area contributed by atoms with Crippen molar-refractivity contribution in [1.29, 1.82) is 0 Å². The second kappa shape index (κ2) is 15.9. The highest BCUT2D eigenvalue weighted by molar-refractivity contribution is 5.11. The average Bonchev–Trinajstić information content (AvgIpc) is 2.94. The summed E-state index contributed by atoms with van der Waals surface area (Å²) in [4.78, 5) is 8.00. The van der Waals surface area contributed by atoms with E-state index < -0.39 is 112 Å². The minimum atomic E-state index is -1.38. The van der Waals surface area contributed by atoms with Crippen LogP contribution in [-0.2, 0) is 28.5 Å². The van der Waals surface area contributed by atoms with Crippen molar-refractivity contribution in [2.45, 2.75) is 98.7 Å². The van der Waals surface area contributed by atoms with Crippen LogP contribution in [0.5, 0.6) is 0 Å². The summed E-state index contributed by atoms with van der Waals surface area (Å²) in [6.07, 6.45) is -13.3. The fourth-order valence-corrected chi connectivity index (χ4v) is 5.33. The van der Waals surface area contributed by atoms with Crippen LogP contribution in [0.1, 0.15) is 6.92 Å². The van der Waals surface area contributed by atoms with E-state index >= 15 is 0 Å². The third kappa shape index (κ3) is 7.29. The molecule has 0 bridgehead atoms. The fraction of sp³-hybridized carbons (Fsp3) is 0.957. The molecule has 0 spiro atoms. The van der Waals surface area contributed by atoms with Gasteiger partial charge in [0.1, 0.15) is 61.7 Å². The molecule has 3 aliphatic heterocycles. The molecule has 230 valence electrons. The average molecular weight is 572 g/mol. The van der Waals surface area contributed by atoms with E-state index in [1.54, 1.807) is 21.0 Å². The van der Waals surface area contributed by atoms with Crippen LogP contribution in [0.25, 0.3) is 0 Å². The van der Waals surface area contributed by atoms with Crippen molar-refractivity contribution in [1.82, 2.24) is 16.0 Å². The topological polar surface area (TPSA) is 241 Å². The summed E-state index contributed by atoms with van der Waals surface area (Å²) in [7, 11) is 4.73. The van der Waals surface area contributed by atoms with Crippen LogP contribution < -0.4 is 16.0 Å². The van der Waals surface area contributed by atoms with E-state index in [2.05, 4.69) is 16.0 Å². The number of hydrogen-bond donors (Lipinski definition) is 10. The van der Waals surface area contributed by atoms with Gasteiger partial charge in [-0.05, 0) is 28.1 Å². The molecule has 0 aliphatic carbocycles. The molecule has 0 aromatic carbocycles. The second-order valence-electron chi connectivity index (χ2n) is 9.62. The Kier molecular flexibility index (Phi) is 14.0. The van der Waals surface area contributed by atoms with Crippen LogP contribution in [0.3, 0.4) is 0 Å². The largest absolute Gasteiger partial charge is 0.394 e. The lowest BCUT2D eigenvalue weighted by atomic mass is 9.92. The summed E-state index contributed by atoms with van der Waals surface area (Å²) in [6.45, 7) is 2.16. The smallest absolute Gasteiger partial charge is 0.176 e. The van der Waals surface area contributed by atoms with Gasteiger partial charge in [0.2, 0.25) is 0 Å². The van der Waals surface area contributed by atoms with E-state index in [1.807, 2.05) is 6.79 Å². The summed E-state index contributed by atoms with van der Waals surface area (Å²) in [5.41, 5.74) is 0. The van der Waals surface area contributed by atoms with Gasteiger partial charge in [0.25, 0.3) is 0 Å². The van der Waals surface area contributed by atoms with E-state index in [9.17, 15) is 35.7 Å². The van der Waals surface area contributed by atoms with Crippen molar-refractivity contribution in [3.05, 3.63) is 0 Å². The number of aliphatic hydroxyl groups is 7. The van der Waals surface area contributed by atoms with Crippen molar-refractivity contribution < 1.29 is 64.2 Å². The molecule has 0 aromatic rings. The van der Waals surface area contributed by atoms with Crippen molar-refractivity contribution in [3.8, 4) is 0 Å². The van der Waals surface area contributed by atoms with E-state index in [0.29, 0.717) is 0 Å². The third-order valence-corrected chi connectivity index (χ3v) is 7.46. The number of ether oxygens (including phenoxy) is 5. The van der Waals surface area contributed by atoms with Crippen LogP contribution in [0, 0.1) is 0 Å². The van der Waals surface area contributed by atoms with Crippen LogP contribution in [0.4, 0.5) is 0 Å². The van der Waals surface area contributed by atoms with Gasteiger partial charge in [-0.25, -0.2) is 0 Å². The minimum Gasteiger partial charge on any atom is -0.394 e. The number of carbonyl (C=O) groups is 1. The quantitative estimate of drug-likeness (QED) is 0.117. The van der Waals surface area contributed by atoms with Crippen molar-refractivity contribution in [3.63, 3.8) is 0 Å². The zero-order chi connectivity index (χ0) is 29.4. The first-order valence-corrected chi connectivity index (χ1v) is 12.8. The van der Waals surface area contributed by atoms with Gasteiger partial charge >= 0.3 is 0 Å². The maximum Gasteiger partial charge on any atom is 0.176 e. The number of rotatable bonds is 10. The standard InChI is InChI=1S/C22H43N3O12.CH2O/c1-8-12(23-2)17(31)19(10(6-27)33-8)36-22-14(25-4)18(32)20(11(7-28)35-22)37-21-13(24-3)16(30)15(29)9(5-26)34-21;1-2/h8-32H,5-7H2,1-4H3;1H2/t8-,9?,10?,11?,12?,13?,14?,15+,16+,17+,18+,19+,20+,21-,22-;/m0./s1. The Hall–Kier alpha value is -0.930. The molecule has 39 heavy (non-hydrogen) atoms. The van der Waals surface area contributed by atoms with Crippen LogP contribution >= 0.6 is 0 Å². The van der Waals surface area contributed by atoms with E-state index in [1.165, 1.54) is 7.05 Å². The Labute approximate surface area is 227 Å². The van der Waals surface area contributed by atoms with Crippen LogP contribution in [0.15, 0.2) is 0 Å². The monoisotopic (exact) mass is 571 g/mol. The molecule has 0 saturated carbocycles. The normalized spacial score (nSPS) is 46.8. The van der Waals surface area contributed by atoms with Gasteiger partial charge in [-0.15, -0.1) is 0 Å². The maximum absolute atomic E-state index is 11.2. The molecule has 6 unspecified atom stereocenters. The summed E-state index contributed by atoms with van der Waals surface area (Å²) in [5.74, 6) is 0. The van der Waals surface area contributed by atoms with Crippen molar-refractivity contribution >= 4 is 6.79 Å². The predicted molar refractivity (Wildman–Crippen MR) is 132 cm³/mol. The number of nitrogens with one attached hydrogen (secondary N) is 3. The molecule has 16 nitrogen and oxygen atoms in total. The number of hydrogen-bond acceptors (Lipinski definition) is 16. The highest BCUT2D eigenvalue weighted by Crippen LogP contribution is 2.32. The molecule has 3 rings (SSSR count). The molecule has 3 heterocycles. The lowest BCUT2D eigenvalue weighted by molar-refractivity contribution is -0.346. The predicted octanol–water partition coefficient (Wildman–Crippen LogP) is -6.01. The molecule has 15 atom stereocenters. The summed E-state index contributed by atoms with van der Waals surface area (Å²) in [5, 5.41) is 80.9. The molecule has 3 saturated heterocycles. The van der Waals surface area contributed by atoms with E-state index in [4.69, 9.17) is 28.5 Å². The molecular formula is C23H45N3O13. The fourth-order valence-electron chi connectivity index (χ4n) is 5.33. The molecule has 0 aromatic heterocycles. The maximum atomic E-state index is 11.2. The Morgan fingerprint density at radius 2 is 1.00 bits per heavy atom. The number of likely N-dealkylation sites (N-methyl/N-ethyl adjacent to an activating group) is 3. The summed E-state index contributed by atoms with van der Waals surface area (Å²) < 4.78 is 29.4. The van der Waals surface area contributed by atoms with Gasteiger partial charge < -0.3 is 80.2 Å². The van der Waals surface area contributed by atoms with Gasteiger partial charge in [0.05, 0.1) is 44.1 Å². The van der Waals surface area contributed by atoms with E-state index in [-0.39, 0.29) is 0 Å². The molecule has 3 aliphatic rings. The molecule has 16 heteroatoms. The SMILES string of the molecule is C=O.CNC1[C@H](O[C@@H]2C(CO)O[C@@H](O[C@@H]3C(CO)O[C@@H](C)C(NC)[C@H]3O)C(NC)[C@H]2O)OC(CO)[C@@H](O)[C@@H]1O. The number of aliphatic hydroxyl groups excluding tert-OH is 7. The molecule has 0 radical (unpaired) electrons. The summed E-state index contributed by atoms with van der Waals surface area (Å²) in [6, 6.07) is -2.35. The highest BCUT2D eigenvalue weighted by Gasteiger charge is 2.53. The second-order valence-corrected chi connectivity index (χ2v) is 9.62. The van der Waals surface area contributed by atoms with Gasteiger partial charge in [0, 0.05) is 0 Å². The van der Waals surface area contributed by atoms with Crippen LogP contribution in [-0.4, -0.2) is 175 Å². The van der Waals surface area contributed by atoms with E-state index in [0.717, 1.165) is 0 Å².